The molecule has 0 atom stereocenters. The van der Waals surface area contributed by atoms with E-state index in [4.69, 9.17) is 4.74 Å². The van der Waals surface area contributed by atoms with Crippen molar-refractivity contribution >= 4 is 23.2 Å². The van der Waals surface area contributed by atoms with E-state index in [1.165, 1.54) is 12.8 Å². The van der Waals surface area contributed by atoms with E-state index in [0.717, 1.165) is 30.2 Å². The number of carbonyl (C=O) groups is 1. The van der Waals surface area contributed by atoms with Crippen molar-refractivity contribution < 1.29 is 9.53 Å². The molecule has 0 radical (unpaired) electrons. The third kappa shape index (κ3) is 4.68. The lowest BCUT2D eigenvalue weighted by molar-refractivity contribution is 0.262. The zero-order valence-corrected chi connectivity index (χ0v) is 17.0. The fraction of sp³-hybridized carbons (Fsp3) is 0.261. The van der Waals surface area contributed by atoms with Crippen molar-refractivity contribution in [3.05, 3.63) is 60.7 Å². The van der Waals surface area contributed by atoms with Gasteiger partial charge >= 0.3 is 6.03 Å². The number of nitrogens with one attached hydrogen (secondary N) is 2. The van der Waals surface area contributed by atoms with Crippen LogP contribution < -0.4 is 20.3 Å². The molecule has 1 fully saturated rings. The highest BCUT2D eigenvalue weighted by atomic mass is 16.5. The maximum Gasteiger partial charge on any atom is 0.323 e. The maximum atomic E-state index is 12.5. The average Bonchev–Trinajstić information content (AvgIpc) is 3.31. The number of carbonyl (C=O) groups excluding carboxylic acids is 1. The van der Waals surface area contributed by atoms with Crippen molar-refractivity contribution in [2.45, 2.75) is 19.8 Å². The molecule has 4 rings (SSSR count). The summed E-state index contributed by atoms with van der Waals surface area (Å²) in [6, 6.07) is 18.5. The van der Waals surface area contributed by atoms with Crippen molar-refractivity contribution in [1.82, 2.24) is 10.2 Å². The van der Waals surface area contributed by atoms with Gasteiger partial charge in [-0.2, -0.15) is 0 Å². The summed E-state index contributed by atoms with van der Waals surface area (Å²) in [6.45, 7) is 4.51. The predicted octanol–water partition coefficient (Wildman–Crippen LogP) is 4.79. The molecule has 0 saturated carbocycles. The summed E-state index contributed by atoms with van der Waals surface area (Å²) in [5.74, 6) is 1.55. The Bertz CT molecular complexity index is 1000. The minimum absolute atomic E-state index is 0.338. The van der Waals surface area contributed by atoms with Gasteiger partial charge in [-0.3, -0.25) is 0 Å². The lowest BCUT2D eigenvalue weighted by Gasteiger charge is -2.15. The summed E-state index contributed by atoms with van der Waals surface area (Å²) in [5, 5.41) is 14.4. The van der Waals surface area contributed by atoms with Crippen molar-refractivity contribution in [2.75, 3.05) is 35.2 Å². The molecule has 7 heteroatoms. The first kappa shape index (κ1) is 19.7. The number of hydrogen-bond acceptors (Lipinski definition) is 5. The molecule has 0 spiro atoms. The van der Waals surface area contributed by atoms with E-state index in [9.17, 15) is 4.79 Å². The number of para-hydroxylation sites is 2. The molecule has 0 unspecified atom stereocenters. The molecule has 154 valence electrons. The Kier molecular flexibility index (Phi) is 6.08. The number of ether oxygens (including phenoxy) is 1. The fourth-order valence-electron chi connectivity index (χ4n) is 3.49. The number of hydrogen-bond donors (Lipinski definition) is 2. The molecule has 1 saturated heterocycles. The van der Waals surface area contributed by atoms with Gasteiger partial charge in [-0.25, -0.2) is 4.79 Å². The van der Waals surface area contributed by atoms with Gasteiger partial charge in [-0.05, 0) is 56.2 Å². The smallest absolute Gasteiger partial charge is 0.323 e. The van der Waals surface area contributed by atoms with Crippen LogP contribution >= 0.6 is 0 Å². The van der Waals surface area contributed by atoms with E-state index in [2.05, 4.69) is 25.7 Å². The van der Waals surface area contributed by atoms with Crippen LogP contribution in [-0.2, 0) is 0 Å². The van der Waals surface area contributed by atoms with Gasteiger partial charge in [-0.1, -0.05) is 24.3 Å². The first-order valence-corrected chi connectivity index (χ1v) is 10.2. The Labute approximate surface area is 176 Å². The van der Waals surface area contributed by atoms with Crippen LogP contribution in [0.1, 0.15) is 19.8 Å². The predicted molar refractivity (Wildman–Crippen MR) is 119 cm³/mol. The highest BCUT2D eigenvalue weighted by Gasteiger charge is 2.14. The summed E-state index contributed by atoms with van der Waals surface area (Å²) >= 11 is 0. The molecule has 2 aromatic carbocycles. The van der Waals surface area contributed by atoms with Crippen LogP contribution in [0.3, 0.4) is 0 Å². The number of rotatable bonds is 6. The second kappa shape index (κ2) is 9.26. The Morgan fingerprint density at radius 2 is 1.83 bits per heavy atom. The van der Waals surface area contributed by atoms with E-state index in [1.54, 1.807) is 6.07 Å². The van der Waals surface area contributed by atoms with Gasteiger partial charge in [0.15, 0.2) is 5.82 Å². The minimum Gasteiger partial charge on any atom is -0.492 e. The van der Waals surface area contributed by atoms with Gasteiger partial charge in [0, 0.05) is 24.3 Å². The van der Waals surface area contributed by atoms with Crippen molar-refractivity contribution in [1.29, 1.82) is 0 Å². The third-order valence-corrected chi connectivity index (χ3v) is 4.93. The second-order valence-electron chi connectivity index (χ2n) is 7.06. The van der Waals surface area contributed by atoms with Gasteiger partial charge in [0.05, 0.1) is 18.0 Å². The zero-order valence-electron chi connectivity index (χ0n) is 17.0. The molecule has 0 bridgehead atoms. The van der Waals surface area contributed by atoms with Crippen LogP contribution in [0.5, 0.6) is 5.75 Å². The van der Waals surface area contributed by atoms with Crippen LogP contribution in [0.2, 0.25) is 0 Å². The van der Waals surface area contributed by atoms with Crippen LogP contribution in [0.4, 0.5) is 22.0 Å². The lowest BCUT2D eigenvalue weighted by Crippen LogP contribution is -2.20. The molecule has 0 aliphatic carbocycles. The van der Waals surface area contributed by atoms with Crippen molar-refractivity contribution in [2.24, 2.45) is 0 Å². The number of benzene rings is 2. The second-order valence-corrected chi connectivity index (χ2v) is 7.06. The summed E-state index contributed by atoms with van der Waals surface area (Å²) in [6.07, 6.45) is 2.41. The molecule has 1 aliphatic rings. The molecule has 3 aromatic rings. The summed E-state index contributed by atoms with van der Waals surface area (Å²) in [4.78, 5) is 14.7. The lowest BCUT2D eigenvalue weighted by atomic mass is 10.1. The maximum absolute atomic E-state index is 12.5. The number of aromatic nitrogens is 2. The molecule has 2 heterocycles. The summed E-state index contributed by atoms with van der Waals surface area (Å²) in [5.41, 5.74) is 2.95. The van der Waals surface area contributed by atoms with Crippen molar-refractivity contribution in [3.63, 3.8) is 0 Å². The van der Waals surface area contributed by atoms with Gasteiger partial charge < -0.3 is 20.3 Å². The van der Waals surface area contributed by atoms with Gasteiger partial charge in [-0.15, -0.1) is 10.2 Å². The van der Waals surface area contributed by atoms with Crippen molar-refractivity contribution in [3.8, 4) is 17.0 Å². The monoisotopic (exact) mass is 403 g/mol. The quantitative estimate of drug-likeness (QED) is 0.619. The zero-order chi connectivity index (χ0) is 20.8. The standard InChI is InChI=1S/C23H25N5O2/c1-2-30-21-11-4-3-10-20(21)25-23(29)24-18-9-7-8-17(16-18)19-12-13-22(27-26-19)28-14-5-6-15-28/h3-4,7-13,16H,2,5-6,14-15H2,1H3,(H2,24,25,29). The molecule has 30 heavy (non-hydrogen) atoms. The number of nitrogens with zero attached hydrogens (tertiary/aromatic N) is 3. The van der Waals surface area contributed by atoms with E-state index in [-0.39, 0.29) is 6.03 Å². The fourth-order valence-corrected chi connectivity index (χ4v) is 3.49. The minimum atomic E-state index is -0.338. The molecule has 1 aliphatic heterocycles. The Balaban J connectivity index is 1.44. The van der Waals surface area contributed by atoms with Crippen LogP contribution in [-0.4, -0.2) is 35.9 Å². The highest BCUT2D eigenvalue weighted by molar-refractivity contribution is 6.01. The Hall–Kier alpha value is -3.61. The van der Waals surface area contributed by atoms with E-state index in [0.29, 0.717) is 23.7 Å². The van der Waals surface area contributed by atoms with Crippen LogP contribution in [0.25, 0.3) is 11.3 Å². The average molecular weight is 403 g/mol. The Morgan fingerprint density at radius 3 is 2.60 bits per heavy atom. The van der Waals surface area contributed by atoms with Gasteiger partial charge in [0.1, 0.15) is 5.75 Å². The number of anilines is 3. The first-order chi connectivity index (χ1) is 14.7. The molecular formula is C23H25N5O2. The summed E-state index contributed by atoms with van der Waals surface area (Å²) in [7, 11) is 0. The van der Waals surface area contributed by atoms with E-state index < -0.39 is 0 Å². The highest BCUT2D eigenvalue weighted by Crippen LogP contribution is 2.25. The first-order valence-electron chi connectivity index (χ1n) is 10.2. The SMILES string of the molecule is CCOc1ccccc1NC(=O)Nc1cccc(-c2ccc(N3CCCC3)nn2)c1. The third-order valence-electron chi connectivity index (χ3n) is 4.93. The van der Waals surface area contributed by atoms with Gasteiger partial charge in [0.25, 0.3) is 0 Å². The van der Waals surface area contributed by atoms with Gasteiger partial charge in [0.2, 0.25) is 0 Å². The van der Waals surface area contributed by atoms with Crippen LogP contribution in [0.15, 0.2) is 60.7 Å². The molecule has 7 nitrogen and oxygen atoms in total. The Morgan fingerprint density at radius 1 is 1.00 bits per heavy atom. The van der Waals surface area contributed by atoms with E-state index >= 15 is 0 Å². The molecule has 2 N–H and O–H groups in total. The molecule has 1 aromatic heterocycles. The normalized spacial score (nSPS) is 13.2. The topological polar surface area (TPSA) is 79.4 Å². The largest absolute Gasteiger partial charge is 0.492 e. The molecular weight excluding hydrogens is 378 g/mol. The van der Waals surface area contributed by atoms with Crippen LogP contribution in [0, 0.1) is 0 Å². The summed E-state index contributed by atoms with van der Waals surface area (Å²) < 4.78 is 5.55. The number of urea groups is 1. The van der Waals surface area contributed by atoms with E-state index in [1.807, 2.05) is 61.5 Å². The molecule has 2 amide bonds. The number of amides is 2.